The van der Waals surface area contributed by atoms with Gasteiger partial charge in [0.15, 0.2) is 5.56 Å². The van der Waals surface area contributed by atoms with E-state index in [-0.39, 0.29) is 5.56 Å². The van der Waals surface area contributed by atoms with Crippen LogP contribution in [0.1, 0.15) is 6.92 Å². The van der Waals surface area contributed by atoms with E-state index in [0.717, 1.165) is 11.1 Å². The fraction of sp³-hybridized carbons (Fsp3) is 0.200. The number of alkyl halides is 1. The smallest absolute Gasteiger partial charge is 0.169 e. The number of rotatable bonds is 2. The lowest BCUT2D eigenvalue weighted by Crippen LogP contribution is -2.01. The first-order valence-electron chi connectivity index (χ1n) is 4.04. The summed E-state index contributed by atoms with van der Waals surface area (Å²) in [5.74, 6) is 0.878. The summed E-state index contributed by atoms with van der Waals surface area (Å²) >= 11 is 7.42. The van der Waals surface area contributed by atoms with Gasteiger partial charge in [-0.1, -0.05) is 23.7 Å². The van der Waals surface area contributed by atoms with E-state index in [4.69, 9.17) is 16.3 Å². The van der Waals surface area contributed by atoms with Gasteiger partial charge >= 0.3 is 0 Å². The lowest BCUT2D eigenvalue weighted by molar-refractivity contribution is 0.306. The average molecular weight is 213 g/mol. The van der Waals surface area contributed by atoms with Crippen molar-refractivity contribution in [1.29, 1.82) is 0 Å². The molecule has 0 amide bonds. The van der Waals surface area contributed by atoms with Gasteiger partial charge in [-0.3, -0.25) is 0 Å². The Balaban J connectivity index is 2.46. The molecule has 0 saturated carbocycles. The van der Waals surface area contributed by atoms with E-state index in [0.29, 0.717) is 0 Å². The van der Waals surface area contributed by atoms with Crippen molar-refractivity contribution in [1.82, 2.24) is 0 Å². The number of hydrogen-bond acceptors (Lipinski definition) is 2. The Morgan fingerprint density at radius 1 is 1.38 bits per heavy atom. The summed E-state index contributed by atoms with van der Waals surface area (Å²) in [5.41, 5.74) is -0.280. The van der Waals surface area contributed by atoms with E-state index in [9.17, 15) is 0 Å². The molecule has 1 heterocycles. The largest absolute Gasteiger partial charge is 0.473 e. The number of halogens is 1. The number of ether oxygens (including phenoxy) is 1. The van der Waals surface area contributed by atoms with Crippen molar-refractivity contribution in [2.45, 2.75) is 12.5 Å². The summed E-state index contributed by atoms with van der Waals surface area (Å²) in [4.78, 5) is 0. The predicted molar refractivity (Wildman–Crippen MR) is 57.8 cm³/mol. The Morgan fingerprint density at radius 3 is 2.92 bits per heavy atom. The normalized spacial score (nSPS) is 13.1. The second-order valence-corrected chi connectivity index (χ2v) is 4.28. The topological polar surface area (TPSA) is 9.23 Å². The molecule has 0 bridgehead atoms. The van der Waals surface area contributed by atoms with Gasteiger partial charge in [0, 0.05) is 15.5 Å². The second-order valence-electron chi connectivity index (χ2n) is 2.76. The molecule has 68 valence electrons. The van der Waals surface area contributed by atoms with Gasteiger partial charge in [0.1, 0.15) is 5.75 Å². The quantitative estimate of drug-likeness (QED) is 0.687. The molecule has 0 saturated heterocycles. The Kier molecular flexibility index (Phi) is 2.42. The second kappa shape index (κ2) is 3.56. The van der Waals surface area contributed by atoms with Crippen LogP contribution in [0.3, 0.4) is 0 Å². The van der Waals surface area contributed by atoms with Crippen LogP contribution in [-0.2, 0) is 0 Å². The zero-order valence-corrected chi connectivity index (χ0v) is 8.73. The van der Waals surface area contributed by atoms with Gasteiger partial charge < -0.3 is 4.74 Å². The summed E-state index contributed by atoms with van der Waals surface area (Å²) in [6.45, 7) is 1.81. The monoisotopic (exact) mass is 212 g/mol. The molecule has 0 N–H and O–H groups in total. The minimum Gasteiger partial charge on any atom is -0.473 e. The molecule has 2 aromatic rings. The lowest BCUT2D eigenvalue weighted by Gasteiger charge is -2.05. The van der Waals surface area contributed by atoms with Gasteiger partial charge in [-0.2, -0.15) is 0 Å². The molecule has 1 atom stereocenters. The summed E-state index contributed by atoms with van der Waals surface area (Å²) in [6, 6.07) is 8.14. The van der Waals surface area contributed by atoms with Gasteiger partial charge in [0.2, 0.25) is 0 Å². The van der Waals surface area contributed by atoms with Gasteiger partial charge in [-0.05, 0) is 19.1 Å². The molecule has 1 unspecified atom stereocenters. The molecule has 0 aliphatic carbocycles. The molecule has 0 aliphatic rings. The first kappa shape index (κ1) is 8.85. The van der Waals surface area contributed by atoms with Crippen molar-refractivity contribution in [2.75, 3.05) is 0 Å². The lowest BCUT2D eigenvalue weighted by atomic mass is 10.2. The molecule has 3 heteroatoms. The van der Waals surface area contributed by atoms with Gasteiger partial charge in [-0.25, -0.2) is 0 Å². The maximum Gasteiger partial charge on any atom is 0.169 e. The molecule has 1 aromatic heterocycles. The number of hydrogen-bond donors (Lipinski definition) is 0. The molecule has 1 aromatic carbocycles. The minimum atomic E-state index is -0.280. The predicted octanol–water partition coefficient (Wildman–Crippen LogP) is 3.86. The SMILES string of the molecule is CC(Cl)Oc1csc2ccccc12. The van der Waals surface area contributed by atoms with Gasteiger partial charge in [-0.15, -0.1) is 11.3 Å². The van der Waals surface area contributed by atoms with Crippen LogP contribution >= 0.6 is 22.9 Å². The highest BCUT2D eigenvalue weighted by atomic mass is 35.5. The summed E-state index contributed by atoms with van der Waals surface area (Å²) in [6.07, 6.45) is 0. The van der Waals surface area contributed by atoms with E-state index in [2.05, 4.69) is 6.07 Å². The molecule has 0 radical (unpaired) electrons. The molecule has 0 aliphatic heterocycles. The first-order valence-corrected chi connectivity index (χ1v) is 5.36. The fourth-order valence-corrected chi connectivity index (χ4v) is 2.18. The van der Waals surface area contributed by atoms with Crippen molar-refractivity contribution in [3.63, 3.8) is 0 Å². The maximum absolute atomic E-state index is 5.75. The van der Waals surface area contributed by atoms with Crippen molar-refractivity contribution < 1.29 is 4.74 Å². The molecule has 2 rings (SSSR count). The number of thiophene rings is 1. The van der Waals surface area contributed by atoms with Crippen LogP contribution in [0, 0.1) is 0 Å². The third-order valence-corrected chi connectivity index (χ3v) is 2.77. The first-order chi connectivity index (χ1) is 6.27. The zero-order valence-electron chi connectivity index (χ0n) is 7.16. The average Bonchev–Trinajstić information content (AvgIpc) is 2.48. The van der Waals surface area contributed by atoms with Crippen molar-refractivity contribution in [3.05, 3.63) is 29.6 Å². The standard InChI is InChI=1S/C10H9ClOS/c1-7(11)12-9-6-13-10-5-3-2-4-8(9)10/h2-7H,1H3. The Labute approximate surface area is 85.9 Å². The van der Waals surface area contributed by atoms with E-state index in [1.54, 1.807) is 11.3 Å². The highest BCUT2D eigenvalue weighted by Gasteiger charge is 2.05. The number of fused-ring (bicyclic) bond motifs is 1. The van der Waals surface area contributed by atoms with Crippen LogP contribution in [0.4, 0.5) is 0 Å². The minimum absolute atomic E-state index is 0.280. The van der Waals surface area contributed by atoms with E-state index >= 15 is 0 Å². The fourth-order valence-electron chi connectivity index (χ4n) is 1.22. The van der Waals surface area contributed by atoms with Crippen LogP contribution in [0.2, 0.25) is 0 Å². The molecule has 13 heavy (non-hydrogen) atoms. The Morgan fingerprint density at radius 2 is 2.15 bits per heavy atom. The Hall–Kier alpha value is -0.730. The van der Waals surface area contributed by atoms with Crippen LogP contribution in [0.15, 0.2) is 29.6 Å². The van der Waals surface area contributed by atoms with Gasteiger partial charge in [0.05, 0.1) is 0 Å². The van der Waals surface area contributed by atoms with E-state index in [1.807, 2.05) is 30.5 Å². The van der Waals surface area contributed by atoms with Crippen molar-refractivity contribution in [3.8, 4) is 5.75 Å². The molecule has 1 nitrogen and oxygen atoms in total. The number of benzene rings is 1. The molecule has 0 fully saturated rings. The summed E-state index contributed by atoms with van der Waals surface area (Å²) < 4.78 is 6.67. The summed E-state index contributed by atoms with van der Waals surface area (Å²) in [7, 11) is 0. The van der Waals surface area contributed by atoms with Crippen molar-refractivity contribution >= 4 is 33.0 Å². The van der Waals surface area contributed by atoms with E-state index < -0.39 is 0 Å². The maximum atomic E-state index is 5.75. The third kappa shape index (κ3) is 1.79. The highest BCUT2D eigenvalue weighted by Crippen LogP contribution is 2.32. The molecular weight excluding hydrogens is 204 g/mol. The third-order valence-electron chi connectivity index (χ3n) is 1.73. The van der Waals surface area contributed by atoms with Crippen LogP contribution in [0.5, 0.6) is 5.75 Å². The van der Waals surface area contributed by atoms with Crippen molar-refractivity contribution in [2.24, 2.45) is 0 Å². The zero-order chi connectivity index (χ0) is 9.26. The molecule has 0 spiro atoms. The van der Waals surface area contributed by atoms with Crippen LogP contribution < -0.4 is 4.74 Å². The highest BCUT2D eigenvalue weighted by molar-refractivity contribution is 7.17. The van der Waals surface area contributed by atoms with Crippen LogP contribution in [0.25, 0.3) is 10.1 Å². The molecular formula is C10H9ClOS. The Bertz CT molecular complexity index is 408. The van der Waals surface area contributed by atoms with E-state index in [1.165, 1.54) is 4.70 Å². The van der Waals surface area contributed by atoms with Gasteiger partial charge in [0.25, 0.3) is 0 Å². The summed E-state index contributed by atoms with van der Waals surface area (Å²) in [5, 5.41) is 3.13. The van der Waals surface area contributed by atoms with Crippen LogP contribution in [-0.4, -0.2) is 5.56 Å².